The van der Waals surface area contributed by atoms with Crippen molar-refractivity contribution in [1.29, 1.82) is 0 Å². The molecule has 152 valence electrons. The van der Waals surface area contributed by atoms with E-state index in [4.69, 9.17) is 0 Å². The van der Waals surface area contributed by atoms with Gasteiger partial charge >= 0.3 is 0 Å². The Bertz CT molecular complexity index is 945. The molecule has 1 aromatic heterocycles. The molecule has 0 radical (unpaired) electrons. The number of aliphatic imine (C=N–C) groups is 1. The van der Waals surface area contributed by atoms with Gasteiger partial charge in [0, 0.05) is 55.8 Å². The summed E-state index contributed by atoms with van der Waals surface area (Å²) in [6.07, 6.45) is 5.58. The number of benzene rings is 1. The average molecular weight is 391 g/mol. The number of carbonyl (C=O) groups excluding carboxylic acids is 1. The molecule has 5 atom stereocenters. The van der Waals surface area contributed by atoms with E-state index < -0.39 is 0 Å². The monoisotopic (exact) mass is 390 g/mol. The molecule has 0 unspecified atom stereocenters. The van der Waals surface area contributed by atoms with Crippen LogP contribution in [0.25, 0.3) is 10.9 Å². The summed E-state index contributed by atoms with van der Waals surface area (Å²) in [4.78, 5) is 24.0. The van der Waals surface area contributed by atoms with E-state index in [2.05, 4.69) is 45.3 Å². The van der Waals surface area contributed by atoms with Gasteiger partial charge in [0.05, 0.1) is 5.52 Å². The second-order valence-corrected chi connectivity index (χ2v) is 9.22. The van der Waals surface area contributed by atoms with E-state index in [1.54, 1.807) is 7.05 Å². The number of likely N-dealkylation sites (tertiary alicyclic amines) is 1. The number of piperidine rings is 2. The number of fused-ring (bicyclic) bond motifs is 2. The first-order chi connectivity index (χ1) is 14.2. The molecular formula is C24H30N4O. The number of pyridine rings is 1. The Balaban J connectivity index is 1.38. The summed E-state index contributed by atoms with van der Waals surface area (Å²) < 4.78 is 0. The van der Waals surface area contributed by atoms with Gasteiger partial charge in [-0.3, -0.25) is 14.8 Å². The Morgan fingerprint density at radius 3 is 2.90 bits per heavy atom. The fourth-order valence-electron chi connectivity index (χ4n) is 5.78. The number of carbonyl (C=O) groups is 1. The van der Waals surface area contributed by atoms with Crippen LogP contribution in [0.1, 0.15) is 36.8 Å². The number of rotatable bonds is 4. The van der Waals surface area contributed by atoms with Gasteiger partial charge in [-0.25, -0.2) is 0 Å². The fourth-order valence-corrected chi connectivity index (χ4v) is 5.78. The Hall–Kier alpha value is -2.27. The first-order valence-corrected chi connectivity index (χ1v) is 10.9. The molecule has 5 rings (SSSR count). The molecule has 1 saturated carbocycles. The van der Waals surface area contributed by atoms with Crippen LogP contribution in [0.3, 0.4) is 0 Å². The van der Waals surface area contributed by atoms with Crippen LogP contribution in [0, 0.1) is 23.7 Å². The summed E-state index contributed by atoms with van der Waals surface area (Å²) in [5.74, 6) is 3.36. The van der Waals surface area contributed by atoms with Gasteiger partial charge in [0.25, 0.3) is 0 Å². The minimum atomic E-state index is 0.359. The molecule has 5 heteroatoms. The van der Waals surface area contributed by atoms with Crippen molar-refractivity contribution in [2.45, 2.75) is 25.7 Å². The maximum atomic E-state index is 13.1. The SMILES string of the molecule is C/N=C\c1ccc([C@@H]2C[C@@H](C)CN(C(=O)C[C@H]3[C@@H]4CNC[C@@H]43)C2)c2cccnc12. The third kappa shape index (κ3) is 3.46. The van der Waals surface area contributed by atoms with Crippen molar-refractivity contribution in [3.8, 4) is 0 Å². The van der Waals surface area contributed by atoms with E-state index in [-0.39, 0.29) is 0 Å². The van der Waals surface area contributed by atoms with Crippen molar-refractivity contribution in [2.24, 2.45) is 28.7 Å². The molecule has 2 aromatic rings. The van der Waals surface area contributed by atoms with Crippen molar-refractivity contribution >= 4 is 23.0 Å². The molecule has 2 aliphatic heterocycles. The minimum Gasteiger partial charge on any atom is -0.342 e. The zero-order valence-electron chi connectivity index (χ0n) is 17.3. The van der Waals surface area contributed by atoms with E-state index in [1.165, 1.54) is 10.9 Å². The van der Waals surface area contributed by atoms with Gasteiger partial charge < -0.3 is 10.2 Å². The average Bonchev–Trinajstić information content (AvgIpc) is 3.14. The van der Waals surface area contributed by atoms with E-state index >= 15 is 0 Å². The molecule has 1 aliphatic carbocycles. The maximum absolute atomic E-state index is 13.1. The Morgan fingerprint density at radius 2 is 2.10 bits per heavy atom. The second kappa shape index (κ2) is 7.52. The summed E-state index contributed by atoms with van der Waals surface area (Å²) in [6, 6.07) is 8.52. The third-order valence-electron chi connectivity index (χ3n) is 7.23. The lowest BCUT2D eigenvalue weighted by Gasteiger charge is -2.37. The molecular weight excluding hydrogens is 360 g/mol. The van der Waals surface area contributed by atoms with Crippen LogP contribution in [0.5, 0.6) is 0 Å². The van der Waals surface area contributed by atoms with Crippen molar-refractivity contribution in [1.82, 2.24) is 15.2 Å². The molecule has 0 spiro atoms. The number of nitrogens with zero attached hydrogens (tertiary/aromatic N) is 3. The van der Waals surface area contributed by atoms with Crippen molar-refractivity contribution in [3.63, 3.8) is 0 Å². The third-order valence-corrected chi connectivity index (χ3v) is 7.23. The first kappa shape index (κ1) is 18.7. The predicted molar refractivity (Wildman–Crippen MR) is 116 cm³/mol. The van der Waals surface area contributed by atoms with Gasteiger partial charge in [-0.15, -0.1) is 0 Å². The smallest absolute Gasteiger partial charge is 0.222 e. The molecule has 0 bridgehead atoms. The number of hydrogen-bond donors (Lipinski definition) is 1. The highest BCUT2D eigenvalue weighted by Crippen LogP contribution is 2.51. The van der Waals surface area contributed by atoms with Crippen molar-refractivity contribution < 1.29 is 4.79 Å². The van der Waals surface area contributed by atoms with Crippen LogP contribution < -0.4 is 5.32 Å². The predicted octanol–water partition coefficient (Wildman–Crippen LogP) is 3.09. The normalized spacial score (nSPS) is 31.4. The number of aromatic nitrogens is 1. The molecule has 2 saturated heterocycles. The fraction of sp³-hybridized carbons (Fsp3) is 0.542. The molecule has 1 amide bonds. The second-order valence-electron chi connectivity index (χ2n) is 9.22. The van der Waals surface area contributed by atoms with Crippen LogP contribution in [0.15, 0.2) is 35.5 Å². The Labute approximate surface area is 172 Å². The standard InChI is InChI=1S/C24H30N4O/c1-15-8-17(14-28(13-15)23(29)9-20-21-11-26-12-22(20)21)18-6-5-16(10-25-2)24-19(18)4-3-7-27-24/h3-7,10,15,17,20-22,26H,8-9,11-14H2,1-2H3/b25-10-/t15-,17-,20-,21-,22+/m1/s1. The first-order valence-electron chi connectivity index (χ1n) is 10.9. The molecule has 3 aliphatic rings. The number of hydrogen-bond acceptors (Lipinski definition) is 4. The van der Waals surface area contributed by atoms with Gasteiger partial charge in [-0.05, 0) is 54.8 Å². The van der Waals surface area contributed by atoms with E-state index in [0.29, 0.717) is 23.7 Å². The largest absolute Gasteiger partial charge is 0.342 e. The number of amides is 1. The van der Waals surface area contributed by atoms with E-state index in [9.17, 15) is 4.79 Å². The van der Waals surface area contributed by atoms with Crippen LogP contribution >= 0.6 is 0 Å². The highest BCUT2D eigenvalue weighted by Gasteiger charge is 2.53. The number of nitrogens with one attached hydrogen (secondary N) is 1. The highest BCUT2D eigenvalue weighted by molar-refractivity contribution is 5.99. The van der Waals surface area contributed by atoms with Crippen molar-refractivity contribution in [2.75, 3.05) is 33.2 Å². The summed E-state index contributed by atoms with van der Waals surface area (Å²) >= 11 is 0. The topological polar surface area (TPSA) is 57.6 Å². The van der Waals surface area contributed by atoms with Crippen LogP contribution in [-0.2, 0) is 4.79 Å². The highest BCUT2D eigenvalue weighted by atomic mass is 16.2. The van der Waals surface area contributed by atoms with Gasteiger partial charge in [0.15, 0.2) is 0 Å². The molecule has 3 heterocycles. The van der Waals surface area contributed by atoms with Crippen LogP contribution in [-0.4, -0.2) is 55.2 Å². The quantitative estimate of drug-likeness (QED) is 0.816. The molecule has 1 N–H and O–H groups in total. The molecule has 29 heavy (non-hydrogen) atoms. The summed E-state index contributed by atoms with van der Waals surface area (Å²) in [5.41, 5.74) is 3.38. The zero-order valence-corrected chi connectivity index (χ0v) is 17.3. The van der Waals surface area contributed by atoms with Crippen LogP contribution in [0.2, 0.25) is 0 Å². The lowest BCUT2D eigenvalue weighted by Crippen LogP contribution is -2.43. The van der Waals surface area contributed by atoms with Gasteiger partial charge in [0.2, 0.25) is 5.91 Å². The lowest BCUT2D eigenvalue weighted by atomic mass is 9.83. The summed E-state index contributed by atoms with van der Waals surface area (Å²) in [6.45, 7) is 6.21. The Morgan fingerprint density at radius 1 is 1.28 bits per heavy atom. The maximum Gasteiger partial charge on any atom is 0.222 e. The summed E-state index contributed by atoms with van der Waals surface area (Å²) in [5, 5.41) is 4.62. The summed E-state index contributed by atoms with van der Waals surface area (Å²) in [7, 11) is 1.79. The Kier molecular flexibility index (Phi) is 4.86. The van der Waals surface area contributed by atoms with Gasteiger partial charge in [-0.1, -0.05) is 25.1 Å². The zero-order chi connectivity index (χ0) is 20.0. The minimum absolute atomic E-state index is 0.359. The van der Waals surface area contributed by atoms with E-state index in [1.807, 2.05) is 18.5 Å². The van der Waals surface area contributed by atoms with Crippen molar-refractivity contribution in [3.05, 3.63) is 41.6 Å². The molecule has 3 fully saturated rings. The van der Waals surface area contributed by atoms with Crippen LogP contribution in [0.4, 0.5) is 0 Å². The molecule has 5 nitrogen and oxygen atoms in total. The van der Waals surface area contributed by atoms with Gasteiger partial charge in [-0.2, -0.15) is 0 Å². The molecule has 1 aromatic carbocycles. The van der Waals surface area contributed by atoms with E-state index in [0.717, 1.165) is 61.9 Å². The van der Waals surface area contributed by atoms with Gasteiger partial charge in [0.1, 0.15) is 0 Å². The lowest BCUT2D eigenvalue weighted by molar-refractivity contribution is -0.133.